The summed E-state index contributed by atoms with van der Waals surface area (Å²) in [5.74, 6) is 0.460. The second-order valence-electron chi connectivity index (χ2n) is 8.81. The Balaban J connectivity index is 1.71. The standard InChI is InChI=1S/C23H31N5O/c1-15(11-26-22-20(25)19(12-27-22)21(29)23(2,3)4)17-7-5-6-16(10-17)13-28-9-8-18(24)14-28/h5-7,10-12,18,27H,1,8-9,13-14,24-25H2,2-4H3/b26-11-. The van der Waals surface area contributed by atoms with E-state index in [2.05, 4.69) is 33.6 Å². The van der Waals surface area contributed by atoms with Gasteiger partial charge in [0.05, 0.1) is 11.3 Å². The number of anilines is 1. The number of aromatic nitrogens is 1. The highest BCUT2D eigenvalue weighted by atomic mass is 16.1. The number of nitrogen functional groups attached to an aromatic ring is 1. The number of rotatable bonds is 6. The molecule has 1 unspecified atom stereocenters. The molecule has 1 saturated heterocycles. The number of nitrogens with one attached hydrogen (secondary N) is 1. The number of H-pyrrole nitrogens is 1. The second-order valence-corrected chi connectivity index (χ2v) is 8.81. The molecule has 1 aromatic carbocycles. The van der Waals surface area contributed by atoms with E-state index >= 15 is 0 Å². The number of aliphatic imine (C=N–C) groups is 1. The first-order valence-electron chi connectivity index (χ1n) is 9.97. The topological polar surface area (TPSA) is 100 Å². The largest absolute Gasteiger partial charge is 0.395 e. The number of carbonyl (C=O) groups excluding carboxylic acids is 1. The minimum atomic E-state index is -0.499. The number of Topliss-reactive ketones (excluding diaryl/α,β-unsaturated/α-hetero) is 1. The Hall–Kier alpha value is -2.70. The molecule has 29 heavy (non-hydrogen) atoms. The van der Waals surface area contributed by atoms with E-state index in [0.717, 1.165) is 37.2 Å². The minimum absolute atomic E-state index is 0.0131. The number of benzene rings is 1. The van der Waals surface area contributed by atoms with Gasteiger partial charge >= 0.3 is 0 Å². The Morgan fingerprint density at radius 3 is 2.83 bits per heavy atom. The van der Waals surface area contributed by atoms with E-state index in [1.807, 2.05) is 32.9 Å². The van der Waals surface area contributed by atoms with Crippen molar-refractivity contribution in [3.63, 3.8) is 0 Å². The van der Waals surface area contributed by atoms with Gasteiger partial charge in [0.1, 0.15) is 0 Å². The van der Waals surface area contributed by atoms with Crippen LogP contribution in [-0.4, -0.2) is 41.0 Å². The third-order valence-electron chi connectivity index (χ3n) is 5.19. The number of hydrogen-bond donors (Lipinski definition) is 3. The molecule has 2 heterocycles. The maximum atomic E-state index is 12.5. The molecule has 0 amide bonds. The number of likely N-dealkylation sites (tertiary alicyclic amines) is 1. The predicted molar refractivity (Wildman–Crippen MR) is 120 cm³/mol. The van der Waals surface area contributed by atoms with Crippen LogP contribution in [0.15, 0.2) is 42.0 Å². The van der Waals surface area contributed by atoms with Crippen molar-refractivity contribution in [3.8, 4) is 0 Å². The number of nitrogens with two attached hydrogens (primary N) is 2. The lowest BCUT2D eigenvalue weighted by Crippen LogP contribution is -2.26. The molecule has 0 radical (unpaired) electrons. The molecule has 1 aromatic heterocycles. The van der Waals surface area contributed by atoms with E-state index in [0.29, 0.717) is 17.1 Å². The van der Waals surface area contributed by atoms with Crippen molar-refractivity contribution in [1.29, 1.82) is 0 Å². The van der Waals surface area contributed by atoms with Crippen LogP contribution in [0.3, 0.4) is 0 Å². The van der Waals surface area contributed by atoms with Gasteiger partial charge in [0.25, 0.3) is 0 Å². The van der Waals surface area contributed by atoms with E-state index in [9.17, 15) is 4.79 Å². The fourth-order valence-electron chi connectivity index (χ4n) is 3.47. The summed E-state index contributed by atoms with van der Waals surface area (Å²) < 4.78 is 0. The number of nitrogens with zero attached hydrogens (tertiary/aromatic N) is 2. The second kappa shape index (κ2) is 8.35. The highest BCUT2D eigenvalue weighted by molar-refractivity contribution is 6.11. The summed E-state index contributed by atoms with van der Waals surface area (Å²) >= 11 is 0. The molecule has 0 saturated carbocycles. The molecule has 1 atom stereocenters. The Bertz CT molecular complexity index is 935. The Labute approximate surface area is 172 Å². The van der Waals surface area contributed by atoms with Crippen LogP contribution >= 0.6 is 0 Å². The van der Waals surface area contributed by atoms with Crippen molar-refractivity contribution < 1.29 is 4.79 Å². The molecule has 0 aliphatic carbocycles. The summed E-state index contributed by atoms with van der Waals surface area (Å²) in [7, 11) is 0. The first-order valence-corrected chi connectivity index (χ1v) is 9.97. The minimum Gasteiger partial charge on any atom is -0.395 e. The molecule has 0 spiro atoms. The lowest BCUT2D eigenvalue weighted by atomic mass is 9.87. The highest BCUT2D eigenvalue weighted by Gasteiger charge is 2.26. The number of carbonyl (C=O) groups is 1. The van der Waals surface area contributed by atoms with Crippen molar-refractivity contribution in [2.24, 2.45) is 16.1 Å². The van der Waals surface area contributed by atoms with Crippen molar-refractivity contribution in [3.05, 3.63) is 53.7 Å². The lowest BCUT2D eigenvalue weighted by Gasteiger charge is -2.16. The van der Waals surface area contributed by atoms with Gasteiger partial charge in [0.2, 0.25) is 0 Å². The van der Waals surface area contributed by atoms with Gasteiger partial charge < -0.3 is 16.5 Å². The van der Waals surface area contributed by atoms with Crippen LogP contribution in [0, 0.1) is 5.41 Å². The van der Waals surface area contributed by atoms with E-state index in [1.54, 1.807) is 12.4 Å². The quantitative estimate of drug-likeness (QED) is 0.514. The van der Waals surface area contributed by atoms with Crippen LogP contribution in [0.2, 0.25) is 0 Å². The zero-order valence-corrected chi connectivity index (χ0v) is 17.5. The van der Waals surface area contributed by atoms with Crippen molar-refractivity contribution in [1.82, 2.24) is 9.88 Å². The van der Waals surface area contributed by atoms with Gasteiger partial charge in [0, 0.05) is 43.5 Å². The van der Waals surface area contributed by atoms with E-state index < -0.39 is 5.41 Å². The normalized spacial score (nSPS) is 17.9. The summed E-state index contributed by atoms with van der Waals surface area (Å²) in [5, 5.41) is 0. The van der Waals surface area contributed by atoms with Crippen LogP contribution in [0.4, 0.5) is 11.5 Å². The van der Waals surface area contributed by atoms with E-state index in [1.165, 1.54) is 5.56 Å². The van der Waals surface area contributed by atoms with Gasteiger partial charge in [0.15, 0.2) is 11.6 Å². The van der Waals surface area contributed by atoms with Gasteiger partial charge in [-0.15, -0.1) is 0 Å². The predicted octanol–water partition coefficient (Wildman–Crippen LogP) is 3.77. The van der Waals surface area contributed by atoms with E-state index in [4.69, 9.17) is 11.5 Å². The van der Waals surface area contributed by atoms with Crippen molar-refractivity contribution in [2.45, 2.75) is 39.8 Å². The maximum Gasteiger partial charge on any atom is 0.171 e. The van der Waals surface area contributed by atoms with Crippen LogP contribution in [-0.2, 0) is 6.54 Å². The average molecular weight is 394 g/mol. The molecular formula is C23H31N5O. The summed E-state index contributed by atoms with van der Waals surface area (Å²) in [6.45, 7) is 12.6. The fourth-order valence-corrected chi connectivity index (χ4v) is 3.47. The summed E-state index contributed by atoms with van der Waals surface area (Å²) in [5.41, 5.74) is 15.5. The summed E-state index contributed by atoms with van der Waals surface area (Å²) in [6, 6.07) is 8.57. The number of allylic oxidation sites excluding steroid dienone is 1. The third-order valence-corrected chi connectivity index (χ3v) is 5.19. The molecule has 1 fully saturated rings. The third kappa shape index (κ3) is 5.02. The number of hydrogen-bond acceptors (Lipinski definition) is 5. The zero-order chi connectivity index (χ0) is 21.2. The number of aromatic amines is 1. The summed E-state index contributed by atoms with van der Waals surface area (Å²) in [6.07, 6.45) is 4.36. The Kier molecular flexibility index (Phi) is 6.05. The molecule has 5 N–H and O–H groups in total. The Morgan fingerprint density at radius 2 is 2.17 bits per heavy atom. The van der Waals surface area contributed by atoms with Gasteiger partial charge in [-0.25, -0.2) is 4.99 Å². The molecule has 6 nitrogen and oxygen atoms in total. The van der Waals surface area contributed by atoms with Gasteiger partial charge in [-0.05, 0) is 29.2 Å². The summed E-state index contributed by atoms with van der Waals surface area (Å²) in [4.78, 5) is 22.3. The molecule has 6 heteroatoms. The van der Waals surface area contributed by atoms with Crippen LogP contribution < -0.4 is 11.5 Å². The molecule has 3 rings (SSSR count). The van der Waals surface area contributed by atoms with Crippen LogP contribution in [0.1, 0.15) is 48.7 Å². The van der Waals surface area contributed by atoms with E-state index in [-0.39, 0.29) is 11.8 Å². The first kappa shape index (κ1) is 21.0. The average Bonchev–Trinajstić information content (AvgIpc) is 3.23. The highest BCUT2D eigenvalue weighted by Crippen LogP contribution is 2.30. The van der Waals surface area contributed by atoms with Gasteiger partial charge in [-0.1, -0.05) is 45.5 Å². The monoisotopic (exact) mass is 393 g/mol. The zero-order valence-electron chi connectivity index (χ0n) is 17.5. The van der Waals surface area contributed by atoms with Crippen LogP contribution in [0.25, 0.3) is 5.57 Å². The van der Waals surface area contributed by atoms with Crippen molar-refractivity contribution >= 4 is 29.1 Å². The number of ketones is 1. The molecular weight excluding hydrogens is 362 g/mol. The van der Waals surface area contributed by atoms with Gasteiger partial charge in [-0.2, -0.15) is 0 Å². The van der Waals surface area contributed by atoms with Gasteiger partial charge in [-0.3, -0.25) is 9.69 Å². The first-order chi connectivity index (χ1) is 13.6. The van der Waals surface area contributed by atoms with Crippen molar-refractivity contribution in [2.75, 3.05) is 18.8 Å². The molecule has 0 bridgehead atoms. The maximum absolute atomic E-state index is 12.5. The molecule has 154 valence electrons. The van der Waals surface area contributed by atoms with Crippen LogP contribution in [0.5, 0.6) is 0 Å². The smallest absolute Gasteiger partial charge is 0.171 e. The Morgan fingerprint density at radius 1 is 1.41 bits per heavy atom. The molecule has 1 aliphatic heterocycles. The fraction of sp³-hybridized carbons (Fsp3) is 0.391. The lowest BCUT2D eigenvalue weighted by molar-refractivity contribution is 0.0859. The molecule has 2 aromatic rings. The molecule has 1 aliphatic rings. The SMILES string of the molecule is C=C(/C=N\c1[nH]cc(C(=O)C(C)(C)C)c1N)c1cccc(CN2CCC(N)C2)c1.